The van der Waals surface area contributed by atoms with E-state index in [0.717, 1.165) is 0 Å². The van der Waals surface area contributed by atoms with E-state index in [-0.39, 0.29) is 17.9 Å². The zero-order valence-corrected chi connectivity index (χ0v) is 14.5. The van der Waals surface area contributed by atoms with E-state index in [1.807, 2.05) is 13.8 Å². The number of nitrogens with two attached hydrogens (primary N) is 1. The van der Waals surface area contributed by atoms with Crippen LogP contribution in [0.2, 0.25) is 0 Å². The molecule has 1 atom stereocenters. The third kappa shape index (κ3) is 3.92. The van der Waals surface area contributed by atoms with E-state index in [9.17, 15) is 8.60 Å². The average molecular weight is 360 g/mol. The Labute approximate surface area is 147 Å². The quantitative estimate of drug-likeness (QED) is 0.758. The zero-order chi connectivity index (χ0) is 18.0. The van der Waals surface area contributed by atoms with Crippen molar-refractivity contribution in [2.45, 2.75) is 24.8 Å². The van der Waals surface area contributed by atoms with Crippen molar-refractivity contribution < 1.29 is 13.3 Å². The Kier molecular flexibility index (Phi) is 4.91. The van der Waals surface area contributed by atoms with Crippen LogP contribution in [0.25, 0.3) is 17.1 Å². The van der Waals surface area contributed by atoms with E-state index >= 15 is 0 Å². The minimum atomic E-state index is -1.55. The molecule has 0 bridgehead atoms. The van der Waals surface area contributed by atoms with E-state index in [1.54, 1.807) is 41.1 Å². The van der Waals surface area contributed by atoms with Crippen LogP contribution >= 0.6 is 0 Å². The molecule has 0 aliphatic heterocycles. The van der Waals surface area contributed by atoms with Gasteiger partial charge in [-0.3, -0.25) is 0 Å². The van der Waals surface area contributed by atoms with Crippen molar-refractivity contribution in [3.63, 3.8) is 0 Å². The summed E-state index contributed by atoms with van der Waals surface area (Å²) >= 11 is 0. The lowest BCUT2D eigenvalue weighted by molar-refractivity contribution is 0.222. The maximum atomic E-state index is 13.2. The molecule has 6 nitrogen and oxygen atoms in total. The van der Waals surface area contributed by atoms with Gasteiger partial charge < -0.3 is 4.74 Å². The molecule has 0 radical (unpaired) electrons. The van der Waals surface area contributed by atoms with Gasteiger partial charge in [0, 0.05) is 5.56 Å². The van der Waals surface area contributed by atoms with Gasteiger partial charge in [-0.15, -0.1) is 5.10 Å². The van der Waals surface area contributed by atoms with E-state index in [2.05, 4.69) is 10.1 Å². The van der Waals surface area contributed by atoms with Crippen molar-refractivity contribution in [3.8, 4) is 23.1 Å². The molecular weight excluding hydrogens is 343 g/mol. The van der Waals surface area contributed by atoms with Crippen molar-refractivity contribution in [3.05, 3.63) is 54.3 Å². The standard InChI is InChI=1S/C17H17FN4O2S/c1-11(2)24-17-20-16(12-3-5-13(18)6-4-12)22(21-17)14-7-9-15(10-8-14)25(19)23/h3-11H,19H2,1-2H3. The number of hydrogen-bond acceptors (Lipinski definition) is 4. The second-order valence-corrected chi connectivity index (χ2v) is 6.66. The maximum Gasteiger partial charge on any atom is 0.336 e. The van der Waals surface area contributed by atoms with Crippen LogP contribution in [0.15, 0.2) is 53.4 Å². The van der Waals surface area contributed by atoms with E-state index in [4.69, 9.17) is 9.88 Å². The predicted octanol–water partition coefficient (Wildman–Crippen LogP) is 2.84. The molecule has 0 fully saturated rings. The van der Waals surface area contributed by atoms with Crippen LogP contribution in [0.3, 0.4) is 0 Å². The number of halogens is 1. The Morgan fingerprint density at radius 2 is 1.76 bits per heavy atom. The number of benzene rings is 2. The van der Waals surface area contributed by atoms with Crippen molar-refractivity contribution in [1.29, 1.82) is 0 Å². The number of nitrogens with zero attached hydrogens (tertiary/aromatic N) is 3. The summed E-state index contributed by atoms with van der Waals surface area (Å²) in [5.74, 6) is 0.181. The summed E-state index contributed by atoms with van der Waals surface area (Å²) in [7, 11) is -1.55. The molecule has 8 heteroatoms. The van der Waals surface area contributed by atoms with Crippen LogP contribution < -0.4 is 9.88 Å². The molecule has 0 amide bonds. The lowest BCUT2D eigenvalue weighted by Crippen LogP contribution is -2.07. The number of aromatic nitrogens is 3. The van der Waals surface area contributed by atoms with Crippen molar-refractivity contribution in [1.82, 2.24) is 14.8 Å². The SMILES string of the molecule is CC(C)Oc1nc(-c2ccc(F)cc2)n(-c2ccc(S(N)=O)cc2)n1. The molecule has 2 aromatic carbocycles. The Morgan fingerprint density at radius 1 is 1.12 bits per heavy atom. The average Bonchev–Trinajstić information content (AvgIpc) is 2.98. The molecule has 0 aliphatic rings. The lowest BCUT2D eigenvalue weighted by atomic mass is 10.2. The third-order valence-electron chi connectivity index (χ3n) is 3.34. The van der Waals surface area contributed by atoms with Gasteiger partial charge in [0.2, 0.25) is 0 Å². The summed E-state index contributed by atoms with van der Waals surface area (Å²) in [5, 5.41) is 9.75. The third-order valence-corrected chi connectivity index (χ3v) is 4.08. The second-order valence-electron chi connectivity index (χ2n) is 5.59. The van der Waals surface area contributed by atoms with E-state index in [0.29, 0.717) is 22.0 Å². The first-order valence-corrected chi connectivity index (χ1v) is 8.81. The number of ether oxygens (including phenoxy) is 1. The van der Waals surface area contributed by atoms with Crippen molar-refractivity contribution >= 4 is 11.0 Å². The molecule has 0 spiro atoms. The molecule has 0 saturated carbocycles. The van der Waals surface area contributed by atoms with Crippen LogP contribution in [0.4, 0.5) is 4.39 Å². The summed E-state index contributed by atoms with van der Waals surface area (Å²) in [6, 6.07) is 13.0. The molecule has 1 unspecified atom stereocenters. The summed E-state index contributed by atoms with van der Waals surface area (Å²) in [6.07, 6.45) is -0.0843. The molecule has 25 heavy (non-hydrogen) atoms. The number of hydrogen-bond donors (Lipinski definition) is 1. The Hall–Kier alpha value is -2.58. The molecular formula is C17H17FN4O2S. The summed E-state index contributed by atoms with van der Waals surface area (Å²) < 4.78 is 31.7. The zero-order valence-electron chi connectivity index (χ0n) is 13.7. The van der Waals surface area contributed by atoms with Gasteiger partial charge in [-0.25, -0.2) is 18.4 Å². The van der Waals surface area contributed by atoms with Gasteiger partial charge in [-0.1, -0.05) is 0 Å². The van der Waals surface area contributed by atoms with Gasteiger partial charge in [0.25, 0.3) is 0 Å². The Balaban J connectivity index is 2.08. The first-order chi connectivity index (χ1) is 11.9. The normalized spacial score (nSPS) is 12.4. The highest BCUT2D eigenvalue weighted by molar-refractivity contribution is 7.82. The smallest absolute Gasteiger partial charge is 0.336 e. The second kappa shape index (κ2) is 7.12. The first-order valence-electron chi connectivity index (χ1n) is 7.60. The monoisotopic (exact) mass is 360 g/mol. The van der Waals surface area contributed by atoms with Gasteiger partial charge in [0.05, 0.1) is 16.7 Å². The van der Waals surface area contributed by atoms with Crippen LogP contribution in [0.1, 0.15) is 13.8 Å². The van der Waals surface area contributed by atoms with Gasteiger partial charge in [0.1, 0.15) is 16.8 Å². The highest BCUT2D eigenvalue weighted by Crippen LogP contribution is 2.24. The molecule has 1 heterocycles. The summed E-state index contributed by atoms with van der Waals surface area (Å²) in [4.78, 5) is 4.91. The fourth-order valence-corrected chi connectivity index (χ4v) is 2.65. The maximum absolute atomic E-state index is 13.2. The lowest BCUT2D eigenvalue weighted by Gasteiger charge is -2.06. The van der Waals surface area contributed by atoms with Crippen LogP contribution in [0.5, 0.6) is 6.01 Å². The Bertz CT molecular complexity index is 892. The summed E-state index contributed by atoms with van der Waals surface area (Å²) in [5.41, 5.74) is 1.39. The molecule has 130 valence electrons. The highest BCUT2D eigenvalue weighted by atomic mass is 32.2. The molecule has 1 aromatic heterocycles. The molecule has 3 aromatic rings. The highest BCUT2D eigenvalue weighted by Gasteiger charge is 2.16. The molecule has 0 aliphatic carbocycles. The Morgan fingerprint density at radius 3 is 2.32 bits per heavy atom. The fraction of sp³-hybridized carbons (Fsp3) is 0.176. The minimum absolute atomic E-state index is 0.0843. The van der Waals surface area contributed by atoms with Crippen molar-refractivity contribution in [2.24, 2.45) is 5.14 Å². The van der Waals surface area contributed by atoms with Crippen LogP contribution in [0, 0.1) is 5.82 Å². The first kappa shape index (κ1) is 17.2. The minimum Gasteiger partial charge on any atom is -0.460 e. The molecule has 2 N–H and O–H groups in total. The molecule has 0 saturated heterocycles. The number of rotatable bonds is 5. The van der Waals surface area contributed by atoms with Gasteiger partial charge in [0.15, 0.2) is 5.82 Å². The summed E-state index contributed by atoms with van der Waals surface area (Å²) in [6.45, 7) is 3.76. The van der Waals surface area contributed by atoms with Crippen LogP contribution in [-0.2, 0) is 11.0 Å². The van der Waals surface area contributed by atoms with Gasteiger partial charge >= 0.3 is 6.01 Å². The topological polar surface area (TPSA) is 83.0 Å². The van der Waals surface area contributed by atoms with E-state index < -0.39 is 11.0 Å². The molecule has 3 rings (SSSR count). The van der Waals surface area contributed by atoms with Gasteiger partial charge in [-0.2, -0.15) is 4.98 Å². The largest absolute Gasteiger partial charge is 0.460 e. The fourth-order valence-electron chi connectivity index (χ4n) is 2.24. The van der Waals surface area contributed by atoms with Crippen molar-refractivity contribution in [2.75, 3.05) is 0 Å². The van der Waals surface area contributed by atoms with Gasteiger partial charge in [-0.05, 0) is 62.4 Å². The van der Waals surface area contributed by atoms with E-state index in [1.165, 1.54) is 12.1 Å². The predicted molar refractivity (Wildman–Crippen MR) is 93.1 cm³/mol. The van der Waals surface area contributed by atoms with Crippen LogP contribution in [-0.4, -0.2) is 25.1 Å².